The van der Waals surface area contributed by atoms with Crippen LogP contribution >= 0.6 is 0 Å². The molecule has 0 aliphatic carbocycles. The van der Waals surface area contributed by atoms with Gasteiger partial charge in [-0.2, -0.15) is 0 Å². The molecule has 0 N–H and O–H groups in total. The average Bonchev–Trinajstić information content (AvgIpc) is 1.89. The van der Waals surface area contributed by atoms with E-state index in [2.05, 4.69) is 6.92 Å². The molecule has 0 aromatic rings. The third kappa shape index (κ3) is 7.93. The van der Waals surface area contributed by atoms with E-state index < -0.39 is 10.7 Å². The Morgan fingerprint density at radius 1 is 1.27 bits per heavy atom. The van der Waals surface area contributed by atoms with Gasteiger partial charge >= 0.3 is 51.4 Å². The third-order valence-electron chi connectivity index (χ3n) is 1.61. The van der Waals surface area contributed by atoms with Crippen molar-refractivity contribution in [2.75, 3.05) is 0 Å². The molecule has 0 fully saturated rings. The van der Waals surface area contributed by atoms with E-state index in [-0.39, 0.29) is 56.6 Å². The van der Waals surface area contributed by atoms with E-state index in [1.165, 1.54) is 0 Å². The smallest absolute Gasteiger partial charge is 0.424 e. The molecule has 1 unspecified atom stereocenters. The monoisotopic (exact) mass is 202 g/mol. The zero-order valence-electron chi connectivity index (χ0n) is 7.63. The van der Waals surface area contributed by atoms with Gasteiger partial charge in [-0.05, 0) is 0 Å². The molecule has 0 spiro atoms. The van der Waals surface area contributed by atoms with Crippen molar-refractivity contribution < 1.29 is 59.8 Å². The molecule has 62 valence electrons. The van der Waals surface area contributed by atoms with Crippen molar-refractivity contribution in [3.8, 4) is 0 Å². The fourth-order valence-corrected chi connectivity index (χ4v) is 1.50. The summed E-state index contributed by atoms with van der Waals surface area (Å²) in [7, 11) is -1.85. The van der Waals surface area contributed by atoms with E-state index in [9.17, 15) is 8.42 Å². The fraction of sp³-hybridized carbons (Fsp3) is 1.00. The standard InChI is InChI=1S/C7H15O2S.K/c1-3-5-6-7(4-2)10(8)9;/h7H,3-6H2,1-2H3;/q-1;+1. The molecule has 0 amide bonds. The molecule has 0 aromatic carbocycles. The Morgan fingerprint density at radius 2 is 1.82 bits per heavy atom. The topological polar surface area (TPSA) is 34.1 Å². The van der Waals surface area contributed by atoms with Crippen LogP contribution in [0.1, 0.15) is 39.5 Å². The van der Waals surface area contributed by atoms with Crippen molar-refractivity contribution in [2.45, 2.75) is 44.8 Å². The molecule has 0 bridgehead atoms. The summed E-state index contributed by atoms with van der Waals surface area (Å²) in [6.45, 7) is 3.98. The summed E-state index contributed by atoms with van der Waals surface area (Å²) in [6, 6.07) is 0. The molecule has 0 aliphatic heterocycles. The second-order valence-corrected chi connectivity index (χ2v) is 3.62. The van der Waals surface area contributed by atoms with Crippen LogP contribution in [0.25, 0.3) is 0 Å². The molecular formula is C7H15KO2S. The number of hydrogen-bond acceptors (Lipinski definition) is 3. The Morgan fingerprint density at radius 3 is 2.09 bits per heavy atom. The first-order valence-corrected chi connectivity index (χ1v) is 4.94. The van der Waals surface area contributed by atoms with Crippen LogP contribution in [0.3, 0.4) is 0 Å². The molecule has 0 rings (SSSR count). The molecule has 0 saturated carbocycles. The quantitative estimate of drug-likeness (QED) is 0.435. The summed E-state index contributed by atoms with van der Waals surface area (Å²) in [6.07, 6.45) is 3.67. The van der Waals surface area contributed by atoms with E-state index >= 15 is 0 Å². The van der Waals surface area contributed by atoms with Crippen LogP contribution in [-0.4, -0.2) is 5.25 Å². The van der Waals surface area contributed by atoms with Gasteiger partial charge in [0.25, 0.3) is 0 Å². The maximum atomic E-state index is 10.4. The Bertz CT molecular complexity index is 137. The minimum absolute atomic E-state index is 0. The van der Waals surface area contributed by atoms with Gasteiger partial charge in [0, 0.05) is 0 Å². The van der Waals surface area contributed by atoms with Gasteiger partial charge in [0.05, 0.1) is 0 Å². The second-order valence-electron chi connectivity index (χ2n) is 2.43. The largest absolute Gasteiger partial charge is 1.00 e. The first-order chi connectivity index (χ1) is 4.72. The third-order valence-corrected chi connectivity index (χ3v) is 2.72. The molecule has 0 saturated heterocycles. The van der Waals surface area contributed by atoms with E-state index in [0.29, 0.717) is 0 Å². The van der Waals surface area contributed by atoms with Crippen LogP contribution in [0.4, 0.5) is 0 Å². The Hall–Kier alpha value is 1.59. The van der Waals surface area contributed by atoms with Crippen LogP contribution in [0.15, 0.2) is 0 Å². The van der Waals surface area contributed by atoms with Crippen molar-refractivity contribution in [3.63, 3.8) is 0 Å². The molecule has 1 atom stereocenters. The molecule has 4 heteroatoms. The Labute approximate surface area is 114 Å². The van der Waals surface area contributed by atoms with Crippen molar-refractivity contribution in [2.24, 2.45) is 0 Å². The van der Waals surface area contributed by atoms with Crippen LogP contribution < -0.4 is 51.4 Å². The van der Waals surface area contributed by atoms with Gasteiger partial charge in [-0.25, -0.2) is 0 Å². The molecule has 11 heavy (non-hydrogen) atoms. The van der Waals surface area contributed by atoms with Crippen molar-refractivity contribution in [3.05, 3.63) is 0 Å². The van der Waals surface area contributed by atoms with Gasteiger partial charge in [-0.15, -0.1) is 0 Å². The van der Waals surface area contributed by atoms with Crippen LogP contribution in [0.2, 0.25) is 0 Å². The van der Waals surface area contributed by atoms with Crippen LogP contribution in [0, 0.1) is 0 Å². The first-order valence-electron chi connectivity index (χ1n) is 3.80. The SMILES string of the molecule is CCCCC(CC)[S-](=O)=O.[K+]. The minimum Gasteiger partial charge on any atom is -0.424 e. The molecule has 0 heterocycles. The zero-order chi connectivity index (χ0) is 7.98. The van der Waals surface area contributed by atoms with E-state index in [1.54, 1.807) is 0 Å². The van der Waals surface area contributed by atoms with E-state index in [0.717, 1.165) is 25.7 Å². The van der Waals surface area contributed by atoms with E-state index in [4.69, 9.17) is 0 Å². The maximum Gasteiger partial charge on any atom is 1.00 e. The second kappa shape index (κ2) is 9.67. The average molecular weight is 202 g/mol. The summed E-state index contributed by atoms with van der Waals surface area (Å²) in [5, 5.41) is -0.111. The minimum atomic E-state index is -1.85. The summed E-state index contributed by atoms with van der Waals surface area (Å²) in [4.78, 5) is 0. The van der Waals surface area contributed by atoms with Gasteiger partial charge in [0.2, 0.25) is 0 Å². The van der Waals surface area contributed by atoms with Gasteiger partial charge < -0.3 is 8.42 Å². The van der Waals surface area contributed by atoms with Crippen molar-refractivity contribution in [1.29, 1.82) is 0 Å². The van der Waals surface area contributed by atoms with Crippen molar-refractivity contribution >= 4 is 10.7 Å². The van der Waals surface area contributed by atoms with Gasteiger partial charge in [0.1, 0.15) is 0 Å². The van der Waals surface area contributed by atoms with E-state index in [1.807, 2.05) is 6.92 Å². The molecule has 2 nitrogen and oxygen atoms in total. The molecule has 0 radical (unpaired) electrons. The summed E-state index contributed by atoms with van der Waals surface area (Å²) in [5.74, 6) is 0. The summed E-state index contributed by atoms with van der Waals surface area (Å²) >= 11 is 0. The first kappa shape index (κ1) is 15.1. The zero-order valence-corrected chi connectivity index (χ0v) is 11.6. The molecule has 0 aromatic heterocycles. The van der Waals surface area contributed by atoms with Gasteiger partial charge in [-0.1, -0.05) is 55.5 Å². The summed E-state index contributed by atoms with van der Waals surface area (Å²) < 4.78 is 20.9. The summed E-state index contributed by atoms with van der Waals surface area (Å²) in [5.41, 5.74) is 0. The predicted molar refractivity (Wildman–Crippen MR) is 42.3 cm³/mol. The number of hydrogen-bond donors (Lipinski definition) is 0. The predicted octanol–water partition coefficient (Wildman–Crippen LogP) is -0.731. The van der Waals surface area contributed by atoms with Crippen molar-refractivity contribution in [1.82, 2.24) is 0 Å². The molecular weight excluding hydrogens is 187 g/mol. The number of rotatable bonds is 5. The van der Waals surface area contributed by atoms with Gasteiger partial charge in [0.15, 0.2) is 0 Å². The Balaban J connectivity index is 0. The fourth-order valence-electron chi connectivity index (χ4n) is 0.868. The maximum absolute atomic E-state index is 10.4. The number of unbranched alkanes of at least 4 members (excludes halogenated alkanes) is 1. The van der Waals surface area contributed by atoms with Crippen LogP contribution in [-0.2, 0) is 19.1 Å². The molecule has 0 aliphatic rings. The Kier molecular flexibility index (Phi) is 13.3. The van der Waals surface area contributed by atoms with Crippen LogP contribution in [0.5, 0.6) is 0 Å². The van der Waals surface area contributed by atoms with Gasteiger partial charge in [-0.3, -0.25) is 0 Å². The normalized spacial score (nSPS) is 12.6.